The summed E-state index contributed by atoms with van der Waals surface area (Å²) in [4.78, 5) is 13.8. The van der Waals surface area contributed by atoms with Crippen molar-refractivity contribution in [3.05, 3.63) is 29.8 Å². The van der Waals surface area contributed by atoms with Crippen molar-refractivity contribution in [3.8, 4) is 5.75 Å². The van der Waals surface area contributed by atoms with E-state index >= 15 is 0 Å². The molecular weight excluding hydrogens is 240 g/mol. The van der Waals surface area contributed by atoms with Crippen LogP contribution < -0.4 is 10.1 Å². The lowest BCUT2D eigenvalue weighted by atomic mass is 10.1. The third-order valence-corrected chi connectivity index (χ3v) is 3.64. The van der Waals surface area contributed by atoms with Crippen molar-refractivity contribution in [2.24, 2.45) is 0 Å². The number of hydrogen-bond acceptors (Lipinski definition) is 3. The molecule has 1 atom stereocenters. The average Bonchev–Trinajstić information content (AvgIpc) is 3.28. The molecule has 4 nitrogen and oxygen atoms in total. The summed E-state index contributed by atoms with van der Waals surface area (Å²) >= 11 is 0. The van der Waals surface area contributed by atoms with Gasteiger partial charge in [-0.15, -0.1) is 0 Å². The Morgan fingerprint density at radius 3 is 2.89 bits per heavy atom. The Morgan fingerprint density at radius 1 is 1.53 bits per heavy atom. The molecule has 0 aliphatic heterocycles. The van der Waals surface area contributed by atoms with Crippen molar-refractivity contribution in [3.63, 3.8) is 0 Å². The molecule has 0 spiro atoms. The van der Waals surface area contributed by atoms with Crippen LogP contribution >= 0.6 is 0 Å². The highest BCUT2D eigenvalue weighted by Gasteiger charge is 2.29. The predicted octanol–water partition coefficient (Wildman–Crippen LogP) is 1.97. The van der Waals surface area contributed by atoms with Gasteiger partial charge >= 0.3 is 0 Å². The number of carbonyl (C=O) groups is 1. The van der Waals surface area contributed by atoms with E-state index in [4.69, 9.17) is 4.74 Å². The third kappa shape index (κ3) is 3.70. The molecule has 0 aromatic heterocycles. The number of hydrogen-bond donors (Lipinski definition) is 1. The van der Waals surface area contributed by atoms with Crippen molar-refractivity contribution < 1.29 is 9.53 Å². The van der Waals surface area contributed by atoms with Gasteiger partial charge in [0.05, 0.1) is 13.7 Å². The first kappa shape index (κ1) is 13.9. The molecule has 1 aromatic rings. The highest BCUT2D eigenvalue weighted by atomic mass is 16.5. The highest BCUT2D eigenvalue weighted by Crippen LogP contribution is 2.25. The molecule has 19 heavy (non-hydrogen) atoms. The summed E-state index contributed by atoms with van der Waals surface area (Å²) in [6, 6.07) is 8.52. The van der Waals surface area contributed by atoms with Crippen molar-refractivity contribution in [2.75, 3.05) is 20.7 Å². The number of carbonyl (C=O) groups excluding carboxylic acids is 1. The fourth-order valence-electron chi connectivity index (χ4n) is 2.06. The molecule has 0 bridgehead atoms. The zero-order valence-electron chi connectivity index (χ0n) is 11.8. The summed E-state index contributed by atoms with van der Waals surface area (Å²) in [5.41, 5.74) is 1.13. The zero-order chi connectivity index (χ0) is 13.8. The number of methoxy groups -OCH3 is 1. The van der Waals surface area contributed by atoms with Crippen LogP contribution in [0.1, 0.15) is 31.4 Å². The molecule has 1 N–H and O–H groups in total. The van der Waals surface area contributed by atoms with E-state index in [0.29, 0.717) is 12.6 Å². The molecular formula is C15H22N2O2. The van der Waals surface area contributed by atoms with Crippen LogP contribution in [0.3, 0.4) is 0 Å². The Balaban J connectivity index is 1.85. The molecule has 104 valence electrons. The van der Waals surface area contributed by atoms with Crippen LogP contribution in [0.25, 0.3) is 0 Å². The molecule has 0 unspecified atom stereocenters. The van der Waals surface area contributed by atoms with E-state index in [1.165, 1.54) is 0 Å². The van der Waals surface area contributed by atoms with Crippen LogP contribution in [-0.4, -0.2) is 37.6 Å². The van der Waals surface area contributed by atoms with Gasteiger partial charge in [-0.3, -0.25) is 4.79 Å². The minimum Gasteiger partial charge on any atom is -0.497 e. The molecule has 1 aliphatic rings. The van der Waals surface area contributed by atoms with E-state index in [0.717, 1.165) is 24.2 Å². The lowest BCUT2D eigenvalue weighted by molar-refractivity contribution is -0.129. The Morgan fingerprint density at radius 2 is 2.26 bits per heavy atom. The molecule has 1 saturated carbocycles. The maximum atomic E-state index is 11.9. The molecule has 1 amide bonds. The van der Waals surface area contributed by atoms with E-state index in [1.54, 1.807) is 7.11 Å². The Hall–Kier alpha value is -1.55. The van der Waals surface area contributed by atoms with Crippen molar-refractivity contribution >= 4 is 5.91 Å². The quantitative estimate of drug-likeness (QED) is 0.852. The summed E-state index contributed by atoms with van der Waals surface area (Å²) in [6.45, 7) is 2.44. The summed E-state index contributed by atoms with van der Waals surface area (Å²) in [7, 11) is 3.54. The Labute approximate surface area is 114 Å². The van der Waals surface area contributed by atoms with Gasteiger partial charge in [0.1, 0.15) is 5.75 Å². The zero-order valence-corrected chi connectivity index (χ0v) is 11.8. The van der Waals surface area contributed by atoms with Crippen molar-refractivity contribution in [1.82, 2.24) is 10.2 Å². The first-order valence-electron chi connectivity index (χ1n) is 6.75. The average molecular weight is 262 g/mol. The number of ether oxygens (including phenoxy) is 1. The summed E-state index contributed by atoms with van der Waals surface area (Å²) < 4.78 is 5.21. The maximum absolute atomic E-state index is 11.9. The summed E-state index contributed by atoms with van der Waals surface area (Å²) in [6.07, 6.45) is 2.29. The van der Waals surface area contributed by atoms with Gasteiger partial charge in [0.25, 0.3) is 0 Å². The van der Waals surface area contributed by atoms with Gasteiger partial charge < -0.3 is 15.0 Å². The first-order chi connectivity index (χ1) is 9.11. The van der Waals surface area contributed by atoms with E-state index in [-0.39, 0.29) is 11.9 Å². The van der Waals surface area contributed by atoms with Crippen LogP contribution in [0.2, 0.25) is 0 Å². The SMILES string of the molecule is COc1cccc([C@@H](C)NCC(=O)N(C)C2CC2)c1. The van der Waals surface area contributed by atoms with Gasteiger partial charge in [-0.1, -0.05) is 12.1 Å². The fourth-order valence-corrected chi connectivity index (χ4v) is 2.06. The molecule has 0 saturated heterocycles. The number of amides is 1. The minimum atomic E-state index is 0.131. The predicted molar refractivity (Wildman–Crippen MR) is 75.2 cm³/mol. The topological polar surface area (TPSA) is 41.6 Å². The molecule has 0 radical (unpaired) electrons. The largest absolute Gasteiger partial charge is 0.497 e. The van der Waals surface area contributed by atoms with Crippen LogP contribution in [-0.2, 0) is 4.79 Å². The monoisotopic (exact) mass is 262 g/mol. The molecule has 1 fully saturated rings. The second-order valence-corrected chi connectivity index (χ2v) is 5.12. The lowest BCUT2D eigenvalue weighted by Gasteiger charge is -2.19. The third-order valence-electron chi connectivity index (χ3n) is 3.64. The summed E-state index contributed by atoms with van der Waals surface area (Å²) in [5.74, 6) is 1.00. The van der Waals surface area contributed by atoms with Gasteiger partial charge in [-0.25, -0.2) is 0 Å². The van der Waals surface area contributed by atoms with Crippen LogP contribution in [0.15, 0.2) is 24.3 Å². The van der Waals surface area contributed by atoms with Gasteiger partial charge in [0.2, 0.25) is 5.91 Å². The van der Waals surface area contributed by atoms with Crippen molar-refractivity contribution in [1.29, 1.82) is 0 Å². The minimum absolute atomic E-state index is 0.131. The van der Waals surface area contributed by atoms with Crippen molar-refractivity contribution in [2.45, 2.75) is 31.8 Å². The van der Waals surface area contributed by atoms with E-state index < -0.39 is 0 Å². The second kappa shape index (κ2) is 6.06. The Bertz CT molecular complexity index is 444. The number of rotatable bonds is 6. The molecule has 4 heteroatoms. The molecule has 0 heterocycles. The fraction of sp³-hybridized carbons (Fsp3) is 0.533. The van der Waals surface area contributed by atoms with Gasteiger partial charge in [0.15, 0.2) is 0 Å². The highest BCUT2D eigenvalue weighted by molar-refractivity contribution is 5.78. The molecule has 1 aliphatic carbocycles. The standard InChI is InChI=1S/C15H22N2O2/c1-11(12-5-4-6-14(9-12)19-3)16-10-15(18)17(2)13-7-8-13/h4-6,9,11,13,16H,7-8,10H2,1-3H3/t11-/m1/s1. The number of nitrogens with zero attached hydrogens (tertiary/aromatic N) is 1. The van der Waals surface area contributed by atoms with E-state index in [9.17, 15) is 4.79 Å². The molecule has 2 rings (SSSR count). The number of likely N-dealkylation sites (N-methyl/N-ethyl adjacent to an activating group) is 1. The number of benzene rings is 1. The second-order valence-electron chi connectivity index (χ2n) is 5.12. The lowest BCUT2D eigenvalue weighted by Crippen LogP contribution is -2.37. The smallest absolute Gasteiger partial charge is 0.236 e. The molecule has 1 aromatic carbocycles. The number of nitrogens with one attached hydrogen (secondary N) is 1. The van der Waals surface area contributed by atoms with Gasteiger partial charge in [-0.05, 0) is 37.5 Å². The Kier molecular flexibility index (Phi) is 4.43. The van der Waals surface area contributed by atoms with Gasteiger partial charge in [-0.2, -0.15) is 0 Å². The first-order valence-corrected chi connectivity index (χ1v) is 6.75. The van der Waals surface area contributed by atoms with Crippen LogP contribution in [0.5, 0.6) is 5.75 Å². The maximum Gasteiger partial charge on any atom is 0.236 e. The van der Waals surface area contributed by atoms with E-state index in [1.807, 2.05) is 36.2 Å². The van der Waals surface area contributed by atoms with Crippen LogP contribution in [0, 0.1) is 0 Å². The van der Waals surface area contributed by atoms with Crippen LogP contribution in [0.4, 0.5) is 0 Å². The normalized spacial score (nSPS) is 15.9. The summed E-state index contributed by atoms with van der Waals surface area (Å²) in [5, 5.41) is 3.27. The van der Waals surface area contributed by atoms with Gasteiger partial charge in [0, 0.05) is 19.1 Å². The van der Waals surface area contributed by atoms with E-state index in [2.05, 4.69) is 12.2 Å².